The summed E-state index contributed by atoms with van der Waals surface area (Å²) in [5.41, 5.74) is 0.292. The van der Waals surface area contributed by atoms with Crippen molar-refractivity contribution in [3.63, 3.8) is 0 Å². The van der Waals surface area contributed by atoms with Crippen LogP contribution in [-0.2, 0) is 10.0 Å². The van der Waals surface area contributed by atoms with Crippen LogP contribution in [0.2, 0.25) is 5.02 Å². The topological polar surface area (TPSA) is 84.1 Å². The predicted molar refractivity (Wildman–Crippen MR) is 76.6 cm³/mol. The highest BCUT2D eigenvalue weighted by Gasteiger charge is 2.18. The number of anilines is 1. The fraction of sp³-hybridized carbons (Fsp3) is 0.250. The Morgan fingerprint density at radius 3 is 2.85 bits per heavy atom. The summed E-state index contributed by atoms with van der Waals surface area (Å²) in [6, 6.07) is 6.13. The van der Waals surface area contributed by atoms with Gasteiger partial charge in [-0.25, -0.2) is 0 Å². The highest BCUT2D eigenvalue weighted by Crippen LogP contribution is 2.29. The molecular formula is C12H14ClN3O3S. The second-order valence-corrected chi connectivity index (χ2v) is 6.10. The lowest BCUT2D eigenvalue weighted by Gasteiger charge is -2.13. The van der Waals surface area contributed by atoms with Gasteiger partial charge in [0.15, 0.2) is 5.03 Å². The van der Waals surface area contributed by atoms with E-state index in [-0.39, 0.29) is 5.03 Å². The zero-order chi connectivity index (χ0) is 14.6. The van der Waals surface area contributed by atoms with Gasteiger partial charge in [-0.05, 0) is 30.7 Å². The smallest absolute Gasteiger partial charge is 0.278 e. The summed E-state index contributed by atoms with van der Waals surface area (Å²) in [4.78, 5) is 0. The van der Waals surface area contributed by atoms with Crippen LogP contribution in [0.4, 0.5) is 5.69 Å². The molecule has 0 saturated carbocycles. The van der Waals surface area contributed by atoms with E-state index in [0.29, 0.717) is 23.1 Å². The van der Waals surface area contributed by atoms with Gasteiger partial charge in [-0.1, -0.05) is 18.5 Å². The molecule has 0 unspecified atom stereocenters. The molecule has 0 saturated heterocycles. The molecule has 0 spiro atoms. The molecule has 1 aromatic heterocycles. The number of aromatic amines is 1. The van der Waals surface area contributed by atoms with Crippen LogP contribution in [0.15, 0.2) is 35.5 Å². The van der Waals surface area contributed by atoms with Crippen molar-refractivity contribution in [2.45, 2.75) is 18.4 Å². The number of halogens is 1. The van der Waals surface area contributed by atoms with Gasteiger partial charge in [-0.3, -0.25) is 9.82 Å². The van der Waals surface area contributed by atoms with E-state index in [9.17, 15) is 8.42 Å². The Balaban J connectivity index is 2.30. The number of nitrogens with zero attached hydrogens (tertiary/aromatic N) is 1. The molecule has 108 valence electrons. The minimum absolute atomic E-state index is 0.0288. The molecule has 6 nitrogen and oxygen atoms in total. The van der Waals surface area contributed by atoms with Gasteiger partial charge in [0.2, 0.25) is 0 Å². The molecule has 2 rings (SSSR count). The molecule has 0 radical (unpaired) electrons. The van der Waals surface area contributed by atoms with Crippen molar-refractivity contribution >= 4 is 27.3 Å². The summed E-state index contributed by atoms with van der Waals surface area (Å²) in [6.45, 7) is 2.45. The van der Waals surface area contributed by atoms with Gasteiger partial charge in [0.05, 0.1) is 18.5 Å². The quantitative estimate of drug-likeness (QED) is 0.858. The number of hydrogen-bond donors (Lipinski definition) is 2. The predicted octanol–water partition coefficient (Wildman–Crippen LogP) is 2.65. The van der Waals surface area contributed by atoms with Crippen molar-refractivity contribution < 1.29 is 13.2 Å². The van der Waals surface area contributed by atoms with Crippen LogP contribution in [-0.4, -0.2) is 25.2 Å². The molecule has 0 bridgehead atoms. The molecule has 1 aromatic carbocycles. The number of benzene rings is 1. The zero-order valence-corrected chi connectivity index (χ0v) is 12.3. The Bertz CT molecular complexity index is 671. The van der Waals surface area contributed by atoms with E-state index in [4.69, 9.17) is 16.3 Å². The van der Waals surface area contributed by atoms with Gasteiger partial charge < -0.3 is 4.74 Å². The first-order valence-electron chi connectivity index (χ1n) is 5.97. The minimum Gasteiger partial charge on any atom is -0.491 e. The number of ether oxygens (including phenoxy) is 1. The Morgan fingerprint density at radius 2 is 2.20 bits per heavy atom. The molecular weight excluding hydrogens is 302 g/mol. The van der Waals surface area contributed by atoms with Crippen molar-refractivity contribution in [2.24, 2.45) is 0 Å². The van der Waals surface area contributed by atoms with E-state index in [1.807, 2.05) is 6.92 Å². The van der Waals surface area contributed by atoms with Gasteiger partial charge in [0.25, 0.3) is 10.0 Å². The second-order valence-electron chi connectivity index (χ2n) is 4.02. The van der Waals surface area contributed by atoms with Crippen LogP contribution in [0.25, 0.3) is 0 Å². The molecule has 8 heteroatoms. The number of aromatic nitrogens is 2. The molecule has 20 heavy (non-hydrogen) atoms. The van der Waals surface area contributed by atoms with Crippen molar-refractivity contribution in [1.29, 1.82) is 0 Å². The first-order chi connectivity index (χ1) is 9.53. The average Bonchev–Trinajstić information content (AvgIpc) is 2.92. The molecule has 0 aliphatic carbocycles. The van der Waals surface area contributed by atoms with Crippen LogP contribution < -0.4 is 9.46 Å². The highest BCUT2D eigenvalue weighted by atomic mass is 35.5. The Labute approximate surface area is 122 Å². The summed E-state index contributed by atoms with van der Waals surface area (Å²) >= 11 is 5.89. The Hall–Kier alpha value is -1.73. The number of sulfonamides is 1. The first kappa shape index (κ1) is 14.7. The van der Waals surface area contributed by atoms with Crippen LogP contribution in [0.5, 0.6) is 5.75 Å². The van der Waals surface area contributed by atoms with Crippen molar-refractivity contribution in [3.05, 3.63) is 35.5 Å². The van der Waals surface area contributed by atoms with Gasteiger partial charge in [0, 0.05) is 5.02 Å². The molecule has 0 amide bonds. The molecule has 0 aliphatic heterocycles. The van der Waals surface area contributed by atoms with E-state index in [1.165, 1.54) is 18.3 Å². The SMILES string of the molecule is CCCOc1ccc(Cl)cc1NS(=O)(=O)c1ccn[nH]1. The van der Waals surface area contributed by atoms with Gasteiger partial charge >= 0.3 is 0 Å². The van der Waals surface area contributed by atoms with Crippen molar-refractivity contribution in [2.75, 3.05) is 11.3 Å². The van der Waals surface area contributed by atoms with Crippen LogP contribution >= 0.6 is 11.6 Å². The maximum Gasteiger partial charge on any atom is 0.278 e. The molecule has 0 aliphatic rings. The normalized spacial score (nSPS) is 11.3. The Morgan fingerprint density at radius 1 is 1.40 bits per heavy atom. The molecule has 1 heterocycles. The Kier molecular flexibility index (Phi) is 4.51. The second kappa shape index (κ2) is 6.15. The van der Waals surface area contributed by atoms with E-state index >= 15 is 0 Å². The lowest BCUT2D eigenvalue weighted by Crippen LogP contribution is -2.14. The minimum atomic E-state index is -3.74. The van der Waals surface area contributed by atoms with Crippen LogP contribution in [0.1, 0.15) is 13.3 Å². The summed E-state index contributed by atoms with van der Waals surface area (Å²) < 4.78 is 32.2. The fourth-order valence-corrected chi connectivity index (χ4v) is 2.66. The third-order valence-corrected chi connectivity index (χ3v) is 3.94. The fourth-order valence-electron chi connectivity index (χ4n) is 1.51. The summed E-state index contributed by atoms with van der Waals surface area (Å²) in [6.07, 6.45) is 2.18. The van der Waals surface area contributed by atoms with Gasteiger partial charge in [-0.2, -0.15) is 13.5 Å². The van der Waals surface area contributed by atoms with Crippen LogP contribution in [0, 0.1) is 0 Å². The third-order valence-electron chi connectivity index (χ3n) is 2.41. The van der Waals surface area contributed by atoms with Crippen molar-refractivity contribution in [3.8, 4) is 5.75 Å². The third kappa shape index (κ3) is 3.43. The van der Waals surface area contributed by atoms with Gasteiger partial charge in [-0.15, -0.1) is 0 Å². The molecule has 2 aromatic rings. The highest BCUT2D eigenvalue weighted by molar-refractivity contribution is 7.92. The molecule has 0 fully saturated rings. The summed E-state index contributed by atoms with van der Waals surface area (Å²) in [5, 5.41) is 6.40. The zero-order valence-electron chi connectivity index (χ0n) is 10.8. The molecule has 2 N–H and O–H groups in total. The largest absolute Gasteiger partial charge is 0.491 e. The van der Waals surface area contributed by atoms with E-state index < -0.39 is 10.0 Å². The monoisotopic (exact) mass is 315 g/mol. The number of H-pyrrole nitrogens is 1. The van der Waals surface area contributed by atoms with Gasteiger partial charge in [0.1, 0.15) is 5.75 Å². The van der Waals surface area contributed by atoms with E-state index in [1.54, 1.807) is 12.1 Å². The number of hydrogen-bond acceptors (Lipinski definition) is 4. The van der Waals surface area contributed by atoms with E-state index in [0.717, 1.165) is 6.42 Å². The molecule has 0 atom stereocenters. The lowest BCUT2D eigenvalue weighted by molar-refractivity contribution is 0.319. The summed E-state index contributed by atoms with van der Waals surface area (Å²) in [7, 11) is -3.74. The number of rotatable bonds is 6. The van der Waals surface area contributed by atoms with Crippen LogP contribution in [0.3, 0.4) is 0 Å². The maximum atomic E-state index is 12.1. The first-order valence-corrected chi connectivity index (χ1v) is 7.83. The maximum absolute atomic E-state index is 12.1. The number of nitrogens with one attached hydrogen (secondary N) is 2. The lowest BCUT2D eigenvalue weighted by atomic mass is 10.3. The summed E-state index contributed by atoms with van der Waals surface area (Å²) in [5.74, 6) is 0.430. The average molecular weight is 316 g/mol. The van der Waals surface area contributed by atoms with E-state index in [2.05, 4.69) is 14.9 Å². The van der Waals surface area contributed by atoms with Crippen molar-refractivity contribution in [1.82, 2.24) is 10.2 Å². The standard InChI is InChI=1S/C12H14ClN3O3S/c1-2-7-19-11-4-3-9(13)8-10(11)16-20(17,18)12-5-6-14-15-12/h3-6,8,16H,2,7H2,1H3,(H,14,15).